The number of benzene rings is 1. The van der Waals surface area contributed by atoms with Crippen LogP contribution in [0.5, 0.6) is 0 Å². The number of hydrogen-bond acceptors (Lipinski definition) is 2. The summed E-state index contributed by atoms with van der Waals surface area (Å²) >= 11 is 5.83. The number of aryl methyl sites for hydroxylation is 1. The summed E-state index contributed by atoms with van der Waals surface area (Å²) in [5.41, 5.74) is 0.908. The van der Waals surface area contributed by atoms with Gasteiger partial charge in [0, 0.05) is 5.02 Å². The lowest BCUT2D eigenvalue weighted by Crippen LogP contribution is -2.05. The summed E-state index contributed by atoms with van der Waals surface area (Å²) in [6.45, 7) is 1.61. The van der Waals surface area contributed by atoms with Crippen molar-refractivity contribution in [3.8, 4) is 0 Å². The van der Waals surface area contributed by atoms with Crippen molar-refractivity contribution in [3.63, 3.8) is 0 Å². The largest absolute Gasteiger partial charge is 0.469 e. The first-order chi connectivity index (χ1) is 6.54. The highest BCUT2D eigenvalue weighted by Crippen LogP contribution is 2.21. The van der Waals surface area contributed by atoms with E-state index in [0.717, 1.165) is 0 Å². The van der Waals surface area contributed by atoms with E-state index in [2.05, 4.69) is 4.74 Å². The van der Waals surface area contributed by atoms with Crippen LogP contribution in [0.25, 0.3) is 0 Å². The monoisotopic (exact) mass is 216 g/mol. The van der Waals surface area contributed by atoms with Crippen molar-refractivity contribution in [2.45, 2.75) is 13.3 Å². The van der Waals surface area contributed by atoms with Gasteiger partial charge in [-0.3, -0.25) is 4.79 Å². The number of halogens is 2. The third kappa shape index (κ3) is 2.45. The zero-order chi connectivity index (χ0) is 10.7. The van der Waals surface area contributed by atoms with Gasteiger partial charge >= 0.3 is 5.97 Å². The molecule has 0 radical (unpaired) electrons. The molecule has 0 heterocycles. The fourth-order valence-corrected chi connectivity index (χ4v) is 1.34. The van der Waals surface area contributed by atoms with Gasteiger partial charge in [-0.1, -0.05) is 11.6 Å². The van der Waals surface area contributed by atoms with Crippen LogP contribution >= 0.6 is 11.6 Å². The second-order valence-electron chi connectivity index (χ2n) is 2.95. The van der Waals surface area contributed by atoms with Crippen molar-refractivity contribution in [1.29, 1.82) is 0 Å². The molecule has 1 rings (SSSR count). The van der Waals surface area contributed by atoms with Gasteiger partial charge in [0.2, 0.25) is 0 Å². The Morgan fingerprint density at radius 1 is 1.57 bits per heavy atom. The predicted octanol–water partition coefficient (Wildman–Crippen LogP) is 2.50. The normalized spacial score (nSPS) is 10.0. The molecule has 0 atom stereocenters. The van der Waals surface area contributed by atoms with E-state index in [1.807, 2.05) is 0 Å². The van der Waals surface area contributed by atoms with Crippen LogP contribution < -0.4 is 0 Å². The number of hydrogen-bond donors (Lipinski definition) is 0. The number of ether oxygens (including phenoxy) is 1. The molecule has 0 spiro atoms. The van der Waals surface area contributed by atoms with Crippen molar-refractivity contribution >= 4 is 17.6 Å². The summed E-state index contributed by atoms with van der Waals surface area (Å²) in [4.78, 5) is 10.9. The number of esters is 1. The first-order valence-corrected chi connectivity index (χ1v) is 4.43. The Morgan fingerprint density at radius 3 is 2.79 bits per heavy atom. The highest BCUT2D eigenvalue weighted by Gasteiger charge is 2.09. The van der Waals surface area contributed by atoms with E-state index < -0.39 is 5.97 Å². The lowest BCUT2D eigenvalue weighted by molar-refractivity contribution is -0.139. The molecule has 0 N–H and O–H groups in total. The summed E-state index contributed by atoms with van der Waals surface area (Å²) in [7, 11) is 1.28. The topological polar surface area (TPSA) is 26.3 Å². The highest BCUT2D eigenvalue weighted by molar-refractivity contribution is 6.31. The number of methoxy groups -OCH3 is 1. The zero-order valence-electron chi connectivity index (χ0n) is 7.93. The molecule has 14 heavy (non-hydrogen) atoms. The molecule has 1 aromatic rings. The molecule has 0 saturated carbocycles. The minimum absolute atomic E-state index is 0.00741. The van der Waals surface area contributed by atoms with E-state index in [0.29, 0.717) is 16.1 Å². The third-order valence-electron chi connectivity index (χ3n) is 1.89. The van der Waals surface area contributed by atoms with Gasteiger partial charge in [0.15, 0.2) is 0 Å². The van der Waals surface area contributed by atoms with Crippen LogP contribution in [0.4, 0.5) is 4.39 Å². The molecule has 2 nitrogen and oxygen atoms in total. The van der Waals surface area contributed by atoms with Crippen molar-refractivity contribution in [2.75, 3.05) is 7.11 Å². The van der Waals surface area contributed by atoms with Crippen LogP contribution in [0.1, 0.15) is 11.1 Å². The minimum atomic E-state index is -0.435. The molecule has 0 aliphatic rings. The lowest BCUT2D eigenvalue weighted by atomic mass is 10.1. The second kappa shape index (κ2) is 4.42. The minimum Gasteiger partial charge on any atom is -0.469 e. The molecule has 0 unspecified atom stereocenters. The average Bonchev–Trinajstić information content (AvgIpc) is 2.14. The quantitative estimate of drug-likeness (QED) is 0.710. The number of carbonyl (C=O) groups excluding carboxylic acids is 1. The Bertz CT molecular complexity index is 363. The molecule has 0 fully saturated rings. The summed E-state index contributed by atoms with van der Waals surface area (Å²) in [6.07, 6.45) is -0.00741. The van der Waals surface area contributed by atoms with Crippen molar-refractivity contribution < 1.29 is 13.9 Å². The Balaban J connectivity index is 2.98. The Morgan fingerprint density at radius 2 is 2.21 bits per heavy atom. The summed E-state index contributed by atoms with van der Waals surface area (Å²) in [6, 6.07) is 2.75. The maximum atomic E-state index is 13.1. The van der Waals surface area contributed by atoms with E-state index in [4.69, 9.17) is 11.6 Å². The van der Waals surface area contributed by atoms with Crippen LogP contribution in [0.2, 0.25) is 5.02 Å². The van der Waals surface area contributed by atoms with Crippen molar-refractivity contribution in [2.24, 2.45) is 0 Å². The lowest BCUT2D eigenvalue weighted by Gasteiger charge is -2.05. The van der Waals surface area contributed by atoms with Crippen LogP contribution in [0.3, 0.4) is 0 Å². The summed E-state index contributed by atoms with van der Waals surface area (Å²) < 4.78 is 17.6. The fraction of sp³-hybridized carbons (Fsp3) is 0.300. The molecule has 0 aliphatic carbocycles. The molecule has 0 bridgehead atoms. The average molecular weight is 217 g/mol. The molecular formula is C10H10ClFO2. The maximum Gasteiger partial charge on any atom is 0.310 e. The number of carbonyl (C=O) groups is 1. The fourth-order valence-electron chi connectivity index (χ4n) is 1.05. The van der Waals surface area contributed by atoms with Crippen LogP contribution in [0.15, 0.2) is 12.1 Å². The molecule has 1 aromatic carbocycles. The maximum absolute atomic E-state index is 13.1. The van der Waals surface area contributed by atoms with Gasteiger partial charge in [0.1, 0.15) is 5.82 Å². The van der Waals surface area contributed by atoms with E-state index in [1.165, 1.54) is 19.2 Å². The predicted molar refractivity (Wildman–Crippen MR) is 51.9 cm³/mol. The van der Waals surface area contributed by atoms with Crippen molar-refractivity contribution in [3.05, 3.63) is 34.1 Å². The van der Waals surface area contributed by atoms with Gasteiger partial charge in [-0.25, -0.2) is 4.39 Å². The molecule has 76 valence electrons. The molecule has 0 aliphatic heterocycles. The molecule has 0 aromatic heterocycles. The SMILES string of the molecule is COC(=O)Cc1cc(F)c(C)cc1Cl. The van der Waals surface area contributed by atoms with Crippen LogP contribution in [-0.4, -0.2) is 13.1 Å². The van der Waals surface area contributed by atoms with Crippen molar-refractivity contribution in [1.82, 2.24) is 0 Å². The highest BCUT2D eigenvalue weighted by atomic mass is 35.5. The molecule has 4 heteroatoms. The number of rotatable bonds is 2. The van der Waals surface area contributed by atoms with Gasteiger partial charge in [0.05, 0.1) is 13.5 Å². The standard InChI is InChI=1S/C10H10ClFO2/c1-6-3-8(11)7(4-9(6)12)5-10(13)14-2/h3-4H,5H2,1-2H3. The Kier molecular flexibility index (Phi) is 3.47. The Hall–Kier alpha value is -1.09. The smallest absolute Gasteiger partial charge is 0.310 e. The van der Waals surface area contributed by atoms with E-state index in [-0.39, 0.29) is 12.2 Å². The van der Waals surface area contributed by atoms with E-state index in [1.54, 1.807) is 6.92 Å². The zero-order valence-corrected chi connectivity index (χ0v) is 8.69. The third-order valence-corrected chi connectivity index (χ3v) is 2.24. The Labute approximate surface area is 86.6 Å². The van der Waals surface area contributed by atoms with Crippen LogP contribution in [0, 0.1) is 12.7 Å². The van der Waals surface area contributed by atoms with Gasteiger partial charge in [-0.05, 0) is 30.2 Å². The summed E-state index contributed by atoms with van der Waals surface area (Å²) in [5, 5.41) is 0.384. The molecular weight excluding hydrogens is 207 g/mol. The molecule has 0 amide bonds. The first kappa shape index (κ1) is 11.0. The van der Waals surface area contributed by atoms with Gasteiger partial charge in [-0.15, -0.1) is 0 Å². The van der Waals surface area contributed by atoms with Gasteiger partial charge in [-0.2, -0.15) is 0 Å². The first-order valence-electron chi connectivity index (χ1n) is 4.06. The second-order valence-corrected chi connectivity index (χ2v) is 3.35. The van der Waals surface area contributed by atoms with E-state index in [9.17, 15) is 9.18 Å². The molecule has 0 saturated heterocycles. The van der Waals surface area contributed by atoms with E-state index >= 15 is 0 Å². The summed E-state index contributed by atoms with van der Waals surface area (Å²) in [5.74, 6) is -0.802. The van der Waals surface area contributed by atoms with Gasteiger partial charge in [0.25, 0.3) is 0 Å². The van der Waals surface area contributed by atoms with Crippen LogP contribution in [-0.2, 0) is 16.0 Å². The van der Waals surface area contributed by atoms with Gasteiger partial charge < -0.3 is 4.74 Å².